The van der Waals surface area contributed by atoms with Gasteiger partial charge in [-0.25, -0.2) is 0 Å². The fraction of sp³-hybridized carbons (Fsp3) is 0.562. The number of hydrogen-bond donors (Lipinski definition) is 2. The Bertz CT molecular complexity index is 563. The maximum Gasteiger partial charge on any atom is 0.416 e. The Morgan fingerprint density at radius 1 is 1.32 bits per heavy atom. The SMILES string of the molecule is O=C(NCC1CNC1)C1(c2cccc(C(F)(F)F)c2)CCC1. The van der Waals surface area contributed by atoms with Gasteiger partial charge in [0.1, 0.15) is 0 Å². The highest BCUT2D eigenvalue weighted by atomic mass is 19.4. The minimum atomic E-state index is -4.38. The van der Waals surface area contributed by atoms with Crippen molar-refractivity contribution >= 4 is 5.91 Å². The van der Waals surface area contributed by atoms with Crippen LogP contribution in [0.3, 0.4) is 0 Å². The third kappa shape index (κ3) is 2.72. The number of alkyl halides is 3. The lowest BCUT2D eigenvalue weighted by molar-refractivity contribution is -0.138. The molecule has 6 heteroatoms. The van der Waals surface area contributed by atoms with E-state index in [2.05, 4.69) is 10.6 Å². The number of benzene rings is 1. The van der Waals surface area contributed by atoms with Gasteiger partial charge in [-0.3, -0.25) is 4.79 Å². The zero-order valence-corrected chi connectivity index (χ0v) is 12.2. The van der Waals surface area contributed by atoms with Crippen LogP contribution in [0, 0.1) is 5.92 Å². The molecule has 1 saturated heterocycles. The molecule has 0 atom stereocenters. The van der Waals surface area contributed by atoms with Gasteiger partial charge in [-0.1, -0.05) is 24.6 Å². The molecule has 3 rings (SSSR count). The molecule has 120 valence electrons. The van der Waals surface area contributed by atoms with Crippen LogP contribution in [0.1, 0.15) is 30.4 Å². The van der Waals surface area contributed by atoms with E-state index in [1.165, 1.54) is 6.07 Å². The molecule has 2 fully saturated rings. The van der Waals surface area contributed by atoms with Gasteiger partial charge in [-0.2, -0.15) is 13.2 Å². The fourth-order valence-electron chi connectivity index (χ4n) is 3.07. The van der Waals surface area contributed by atoms with Crippen LogP contribution in [0.15, 0.2) is 24.3 Å². The van der Waals surface area contributed by atoms with Crippen molar-refractivity contribution in [3.8, 4) is 0 Å². The summed E-state index contributed by atoms with van der Waals surface area (Å²) < 4.78 is 38.6. The van der Waals surface area contributed by atoms with Gasteiger partial charge in [-0.15, -0.1) is 0 Å². The predicted molar refractivity (Wildman–Crippen MR) is 76.3 cm³/mol. The smallest absolute Gasteiger partial charge is 0.355 e. The molecule has 2 aliphatic rings. The van der Waals surface area contributed by atoms with Gasteiger partial charge in [0.25, 0.3) is 0 Å². The topological polar surface area (TPSA) is 41.1 Å². The summed E-state index contributed by atoms with van der Waals surface area (Å²) in [4.78, 5) is 12.5. The summed E-state index contributed by atoms with van der Waals surface area (Å²) in [5.41, 5.74) is -0.983. The van der Waals surface area contributed by atoms with Gasteiger partial charge < -0.3 is 10.6 Å². The molecule has 3 nitrogen and oxygen atoms in total. The van der Waals surface area contributed by atoms with Crippen LogP contribution in [-0.2, 0) is 16.4 Å². The molecule has 22 heavy (non-hydrogen) atoms. The molecule has 1 aliphatic heterocycles. The van der Waals surface area contributed by atoms with E-state index in [9.17, 15) is 18.0 Å². The minimum Gasteiger partial charge on any atom is -0.355 e. The average Bonchev–Trinajstić information content (AvgIpc) is 2.35. The summed E-state index contributed by atoms with van der Waals surface area (Å²) in [6, 6.07) is 5.21. The predicted octanol–water partition coefficient (Wildman–Crippen LogP) is 2.46. The number of amides is 1. The summed E-state index contributed by atoms with van der Waals surface area (Å²) in [5.74, 6) is 0.299. The molecule has 1 saturated carbocycles. The molecular weight excluding hydrogens is 293 g/mol. The summed E-state index contributed by atoms with van der Waals surface area (Å²) in [6.07, 6.45) is -2.28. The maximum atomic E-state index is 12.9. The van der Waals surface area contributed by atoms with Crippen molar-refractivity contribution in [1.82, 2.24) is 10.6 Å². The Morgan fingerprint density at radius 2 is 2.05 bits per heavy atom. The number of rotatable bonds is 4. The molecule has 2 N–H and O–H groups in total. The first-order valence-corrected chi connectivity index (χ1v) is 7.58. The molecule has 1 amide bonds. The lowest BCUT2D eigenvalue weighted by Crippen LogP contribution is -2.54. The van der Waals surface area contributed by atoms with Gasteiger partial charge in [0.15, 0.2) is 0 Å². The Labute approximate surface area is 127 Å². The van der Waals surface area contributed by atoms with E-state index in [0.29, 0.717) is 30.9 Å². The average molecular weight is 312 g/mol. The molecule has 0 spiro atoms. The zero-order valence-electron chi connectivity index (χ0n) is 12.2. The molecule has 0 unspecified atom stereocenters. The summed E-state index contributed by atoms with van der Waals surface area (Å²) in [5, 5.41) is 6.06. The Kier molecular flexibility index (Phi) is 3.89. The molecule has 1 aromatic rings. The second kappa shape index (κ2) is 5.57. The number of halogens is 3. The first-order valence-electron chi connectivity index (χ1n) is 7.58. The molecular formula is C16H19F3N2O. The highest BCUT2D eigenvalue weighted by Crippen LogP contribution is 2.45. The Morgan fingerprint density at radius 3 is 2.55 bits per heavy atom. The van der Waals surface area contributed by atoms with Crippen molar-refractivity contribution in [2.45, 2.75) is 30.9 Å². The number of carbonyl (C=O) groups is 1. The van der Waals surface area contributed by atoms with E-state index in [-0.39, 0.29) is 5.91 Å². The monoisotopic (exact) mass is 312 g/mol. The largest absolute Gasteiger partial charge is 0.416 e. The van der Waals surface area contributed by atoms with E-state index in [0.717, 1.165) is 31.6 Å². The molecule has 0 aromatic heterocycles. The van der Waals surface area contributed by atoms with Crippen molar-refractivity contribution in [2.24, 2.45) is 5.92 Å². The van der Waals surface area contributed by atoms with E-state index in [4.69, 9.17) is 0 Å². The Hall–Kier alpha value is -1.56. The van der Waals surface area contributed by atoms with Crippen molar-refractivity contribution in [3.63, 3.8) is 0 Å². The zero-order chi connectivity index (χ0) is 15.8. The molecule has 1 heterocycles. The van der Waals surface area contributed by atoms with Gasteiger partial charge in [-0.05, 0) is 24.5 Å². The number of hydrogen-bond acceptors (Lipinski definition) is 2. The van der Waals surface area contributed by atoms with Crippen molar-refractivity contribution in [1.29, 1.82) is 0 Å². The number of carbonyl (C=O) groups excluding carboxylic acids is 1. The lowest BCUT2D eigenvalue weighted by atomic mass is 9.63. The van der Waals surface area contributed by atoms with Crippen LogP contribution in [0.2, 0.25) is 0 Å². The first-order chi connectivity index (χ1) is 10.4. The van der Waals surface area contributed by atoms with E-state index in [1.807, 2.05) is 0 Å². The third-order valence-corrected chi connectivity index (χ3v) is 4.80. The van der Waals surface area contributed by atoms with E-state index >= 15 is 0 Å². The summed E-state index contributed by atoms with van der Waals surface area (Å²) >= 11 is 0. The van der Waals surface area contributed by atoms with Gasteiger partial charge >= 0.3 is 6.18 Å². The molecule has 1 aromatic carbocycles. The summed E-state index contributed by atoms with van der Waals surface area (Å²) in [6.45, 7) is 2.36. The normalized spacial score (nSPS) is 20.9. The molecule has 1 aliphatic carbocycles. The highest BCUT2D eigenvalue weighted by molar-refractivity contribution is 5.89. The number of nitrogens with one attached hydrogen (secondary N) is 2. The van der Waals surface area contributed by atoms with E-state index in [1.54, 1.807) is 6.07 Å². The maximum absolute atomic E-state index is 12.9. The Balaban J connectivity index is 1.78. The van der Waals surface area contributed by atoms with Gasteiger partial charge in [0.2, 0.25) is 5.91 Å². The molecule has 0 radical (unpaired) electrons. The van der Waals surface area contributed by atoms with Crippen LogP contribution < -0.4 is 10.6 Å². The van der Waals surface area contributed by atoms with E-state index < -0.39 is 17.2 Å². The standard InChI is InChI=1S/C16H19F3N2O/c17-16(18,19)13-4-1-3-12(7-13)15(5-2-6-15)14(22)21-10-11-8-20-9-11/h1,3-4,7,11,20H,2,5-6,8-10H2,(H,21,22). The second-order valence-electron chi connectivity index (χ2n) is 6.25. The highest BCUT2D eigenvalue weighted by Gasteiger charge is 2.46. The van der Waals surface area contributed by atoms with Crippen LogP contribution >= 0.6 is 0 Å². The third-order valence-electron chi connectivity index (χ3n) is 4.80. The van der Waals surface area contributed by atoms with Gasteiger partial charge in [0, 0.05) is 25.6 Å². The molecule has 0 bridgehead atoms. The van der Waals surface area contributed by atoms with Crippen molar-refractivity contribution < 1.29 is 18.0 Å². The second-order valence-corrected chi connectivity index (χ2v) is 6.25. The van der Waals surface area contributed by atoms with Crippen LogP contribution in [0.4, 0.5) is 13.2 Å². The summed E-state index contributed by atoms with van der Waals surface area (Å²) in [7, 11) is 0. The van der Waals surface area contributed by atoms with Crippen molar-refractivity contribution in [3.05, 3.63) is 35.4 Å². The van der Waals surface area contributed by atoms with Gasteiger partial charge in [0.05, 0.1) is 11.0 Å². The quantitative estimate of drug-likeness (QED) is 0.897. The minimum absolute atomic E-state index is 0.134. The fourth-order valence-corrected chi connectivity index (χ4v) is 3.07. The lowest BCUT2D eigenvalue weighted by Gasteiger charge is -2.41. The first kappa shape index (κ1) is 15.3. The van der Waals surface area contributed by atoms with Crippen LogP contribution in [-0.4, -0.2) is 25.5 Å². The van der Waals surface area contributed by atoms with Crippen molar-refractivity contribution in [2.75, 3.05) is 19.6 Å². The van der Waals surface area contributed by atoms with Crippen LogP contribution in [0.25, 0.3) is 0 Å². The van der Waals surface area contributed by atoms with Crippen LogP contribution in [0.5, 0.6) is 0 Å².